The van der Waals surface area contributed by atoms with Crippen LogP contribution in [0.3, 0.4) is 0 Å². The predicted molar refractivity (Wildman–Crippen MR) is 150 cm³/mol. The van der Waals surface area contributed by atoms with Crippen molar-refractivity contribution >= 4 is 46.2 Å². The summed E-state index contributed by atoms with van der Waals surface area (Å²) in [5.41, 5.74) is -0.740. The van der Waals surface area contributed by atoms with Gasteiger partial charge in [0.15, 0.2) is 0 Å². The van der Waals surface area contributed by atoms with Crippen LogP contribution in [0.4, 0.5) is 0 Å². The highest BCUT2D eigenvalue weighted by Crippen LogP contribution is 2.30. The zero-order valence-corrected chi connectivity index (χ0v) is 22.7. The number of ether oxygens (including phenoxy) is 1. The fraction of sp³-hybridized carbons (Fsp3) is 0.200. The van der Waals surface area contributed by atoms with Crippen molar-refractivity contribution in [2.75, 3.05) is 0 Å². The molecule has 1 fully saturated rings. The van der Waals surface area contributed by atoms with Crippen LogP contribution < -0.4 is 16.2 Å². The molecule has 208 valence electrons. The fourth-order valence-electron chi connectivity index (χ4n) is 4.83. The Bertz CT molecular complexity index is 1740. The maximum absolute atomic E-state index is 14.0. The number of benzene rings is 3. The molecule has 0 spiro atoms. The molecule has 1 aromatic heterocycles. The van der Waals surface area contributed by atoms with Gasteiger partial charge in [-0.25, -0.2) is 9.78 Å². The minimum absolute atomic E-state index is 0.101. The van der Waals surface area contributed by atoms with Gasteiger partial charge < -0.3 is 10.1 Å². The van der Waals surface area contributed by atoms with Crippen molar-refractivity contribution in [3.05, 3.63) is 111 Å². The van der Waals surface area contributed by atoms with E-state index in [0.29, 0.717) is 27.2 Å². The van der Waals surface area contributed by atoms with E-state index < -0.39 is 28.9 Å². The van der Waals surface area contributed by atoms with Gasteiger partial charge in [-0.2, -0.15) is 0 Å². The zero-order chi connectivity index (χ0) is 29.1. The number of carbonyl (C=O) groups is 4. The number of nitrogens with one attached hydrogen (secondary N) is 2. The molecule has 4 aromatic rings. The molecule has 0 radical (unpaired) electrons. The number of piperidine rings is 1. The Labute approximate surface area is 239 Å². The third-order valence-corrected chi connectivity index (χ3v) is 7.19. The van der Waals surface area contributed by atoms with Gasteiger partial charge in [0.2, 0.25) is 11.4 Å². The van der Waals surface area contributed by atoms with Crippen LogP contribution in [0.5, 0.6) is 0 Å². The van der Waals surface area contributed by atoms with Crippen LogP contribution >= 0.6 is 11.6 Å². The minimum atomic E-state index is -2.14. The lowest BCUT2D eigenvalue weighted by atomic mass is 9.87. The summed E-state index contributed by atoms with van der Waals surface area (Å²) in [5, 5.41) is 5.62. The van der Waals surface area contributed by atoms with E-state index in [0.717, 1.165) is 4.57 Å². The minimum Gasteiger partial charge on any atom is -0.459 e. The summed E-state index contributed by atoms with van der Waals surface area (Å²) in [5.74, 6) is -2.70. The van der Waals surface area contributed by atoms with Gasteiger partial charge in [-0.3, -0.25) is 29.1 Å². The summed E-state index contributed by atoms with van der Waals surface area (Å²) in [6.07, 6.45) is -0.442. The number of aryl methyl sites for hydroxylation is 1. The smallest absolute Gasteiger partial charge is 0.342 e. The zero-order valence-electron chi connectivity index (χ0n) is 22.0. The summed E-state index contributed by atoms with van der Waals surface area (Å²) in [4.78, 5) is 70.0. The molecule has 1 saturated heterocycles. The average molecular weight is 573 g/mol. The number of hydrogen-bond donors (Lipinski definition) is 2. The lowest BCUT2D eigenvalue weighted by Crippen LogP contribution is -2.62. The van der Waals surface area contributed by atoms with Crippen LogP contribution in [0.25, 0.3) is 10.9 Å². The number of halogens is 1. The SMILES string of the molecule is Cc1nc2ccc(CNC(=O)c3ccc(Cl)cc3)cc2c(=O)n1[C@]1(C(=O)OCc2ccccc2)CCC(=O)NC1=O. The first-order valence-electron chi connectivity index (χ1n) is 12.8. The van der Waals surface area contributed by atoms with Crippen LogP contribution in [0, 0.1) is 6.92 Å². The van der Waals surface area contributed by atoms with Gasteiger partial charge >= 0.3 is 5.97 Å². The van der Waals surface area contributed by atoms with E-state index in [4.69, 9.17) is 16.3 Å². The van der Waals surface area contributed by atoms with Gasteiger partial charge in [-0.1, -0.05) is 48.0 Å². The van der Waals surface area contributed by atoms with Crippen molar-refractivity contribution in [1.82, 2.24) is 20.2 Å². The molecule has 41 heavy (non-hydrogen) atoms. The highest BCUT2D eigenvalue weighted by atomic mass is 35.5. The highest BCUT2D eigenvalue weighted by Gasteiger charge is 2.54. The van der Waals surface area contributed by atoms with Gasteiger partial charge in [-0.15, -0.1) is 0 Å². The van der Waals surface area contributed by atoms with Crippen molar-refractivity contribution in [2.24, 2.45) is 0 Å². The van der Waals surface area contributed by atoms with Crippen molar-refractivity contribution < 1.29 is 23.9 Å². The summed E-state index contributed by atoms with van der Waals surface area (Å²) < 4.78 is 6.55. The van der Waals surface area contributed by atoms with Crippen molar-refractivity contribution in [3.8, 4) is 0 Å². The van der Waals surface area contributed by atoms with E-state index in [1.807, 2.05) is 6.07 Å². The van der Waals surface area contributed by atoms with Gasteiger partial charge in [0, 0.05) is 23.6 Å². The molecule has 0 aliphatic carbocycles. The molecular weight excluding hydrogens is 548 g/mol. The number of rotatable bonds is 7. The quantitative estimate of drug-likeness (QED) is 0.197. The molecule has 11 heteroatoms. The molecule has 2 heterocycles. The number of nitrogens with zero attached hydrogens (tertiary/aromatic N) is 2. The monoisotopic (exact) mass is 572 g/mol. The van der Waals surface area contributed by atoms with Crippen LogP contribution in [0.2, 0.25) is 5.02 Å². The molecule has 10 nitrogen and oxygen atoms in total. The number of aromatic nitrogens is 2. The normalized spacial score (nSPS) is 16.7. The Hall–Kier alpha value is -4.83. The van der Waals surface area contributed by atoms with Gasteiger partial charge in [-0.05, 0) is 60.9 Å². The fourth-order valence-corrected chi connectivity index (χ4v) is 4.96. The molecule has 0 unspecified atom stereocenters. The summed E-state index contributed by atoms with van der Waals surface area (Å²) in [6, 6.07) is 20.2. The Morgan fingerprint density at radius 1 is 1.02 bits per heavy atom. The van der Waals surface area contributed by atoms with E-state index in [1.54, 1.807) is 66.7 Å². The van der Waals surface area contributed by atoms with Crippen molar-refractivity contribution in [1.29, 1.82) is 0 Å². The van der Waals surface area contributed by atoms with Crippen molar-refractivity contribution in [2.45, 2.75) is 38.5 Å². The largest absolute Gasteiger partial charge is 0.459 e. The van der Waals surface area contributed by atoms with E-state index in [2.05, 4.69) is 15.6 Å². The van der Waals surface area contributed by atoms with Crippen molar-refractivity contribution in [3.63, 3.8) is 0 Å². The average Bonchev–Trinajstić information content (AvgIpc) is 2.97. The van der Waals surface area contributed by atoms with E-state index in [1.165, 1.54) is 6.92 Å². The Morgan fingerprint density at radius 3 is 2.46 bits per heavy atom. The van der Waals surface area contributed by atoms with E-state index >= 15 is 0 Å². The van der Waals surface area contributed by atoms with Crippen LogP contribution in [-0.2, 0) is 37.8 Å². The topological polar surface area (TPSA) is 136 Å². The molecule has 1 atom stereocenters. The van der Waals surface area contributed by atoms with Gasteiger partial charge in [0.25, 0.3) is 17.4 Å². The van der Waals surface area contributed by atoms with E-state index in [9.17, 15) is 24.0 Å². The third kappa shape index (κ3) is 5.46. The van der Waals surface area contributed by atoms with Gasteiger partial charge in [0.1, 0.15) is 12.4 Å². The first kappa shape index (κ1) is 27.7. The molecule has 3 amide bonds. The van der Waals surface area contributed by atoms with Crippen LogP contribution in [0.1, 0.15) is 40.2 Å². The number of hydrogen-bond acceptors (Lipinski definition) is 7. The summed E-state index contributed by atoms with van der Waals surface area (Å²) >= 11 is 5.89. The highest BCUT2D eigenvalue weighted by molar-refractivity contribution is 6.30. The number of fused-ring (bicyclic) bond motifs is 1. The number of carbonyl (C=O) groups excluding carboxylic acids is 4. The number of imide groups is 1. The Kier molecular flexibility index (Phi) is 7.67. The molecule has 1 aliphatic rings. The molecule has 5 rings (SSSR count). The molecule has 0 bridgehead atoms. The lowest BCUT2D eigenvalue weighted by Gasteiger charge is -2.35. The van der Waals surface area contributed by atoms with Crippen LogP contribution in [-0.4, -0.2) is 33.2 Å². The summed E-state index contributed by atoms with van der Waals surface area (Å²) in [6.45, 7) is 1.48. The number of esters is 1. The first-order chi connectivity index (χ1) is 19.7. The second kappa shape index (κ2) is 11.3. The van der Waals surface area contributed by atoms with Gasteiger partial charge in [0.05, 0.1) is 10.9 Å². The second-order valence-corrected chi connectivity index (χ2v) is 10.1. The molecular formula is C30H25ClN4O6. The van der Waals surface area contributed by atoms with E-state index in [-0.39, 0.29) is 43.1 Å². The second-order valence-electron chi connectivity index (χ2n) is 9.64. The molecule has 1 aliphatic heterocycles. The maximum Gasteiger partial charge on any atom is 0.342 e. The molecule has 3 aromatic carbocycles. The third-order valence-electron chi connectivity index (χ3n) is 6.93. The standard InChI is InChI=1S/C30H25ClN4O6/c1-18-33-24-12-7-20(16-32-26(37)21-8-10-22(31)11-9-21)15-23(24)27(38)35(18)30(14-13-25(36)34-28(30)39)29(40)41-17-19-5-3-2-4-6-19/h2-12,15H,13-14,16-17H2,1H3,(H,32,37)(H,34,36,39)/t30-/m1/s1. The number of amides is 3. The Morgan fingerprint density at radius 2 is 1.76 bits per heavy atom. The maximum atomic E-state index is 14.0. The Balaban J connectivity index is 1.50. The molecule has 0 saturated carbocycles. The predicted octanol–water partition coefficient (Wildman–Crippen LogP) is 3.16. The van der Waals surface area contributed by atoms with Crippen LogP contribution in [0.15, 0.2) is 77.6 Å². The molecule has 2 N–H and O–H groups in total. The lowest BCUT2D eigenvalue weighted by molar-refractivity contribution is -0.164. The summed E-state index contributed by atoms with van der Waals surface area (Å²) in [7, 11) is 0. The first-order valence-corrected chi connectivity index (χ1v) is 13.2.